The lowest BCUT2D eigenvalue weighted by Gasteiger charge is -2.32. The number of aromatic nitrogens is 4. The maximum atomic E-state index is 12.7. The molecule has 27 heavy (non-hydrogen) atoms. The number of hydrogen-bond acceptors (Lipinski definition) is 5. The molecule has 0 bridgehead atoms. The second-order valence-electron chi connectivity index (χ2n) is 7.69. The Bertz CT molecular complexity index is 768. The molecule has 7 heteroatoms. The average molecular weight is 368 g/mol. The molecule has 0 spiro atoms. The minimum absolute atomic E-state index is 0.151. The highest BCUT2D eigenvalue weighted by Gasteiger charge is 2.29. The Kier molecular flexibility index (Phi) is 5.48. The zero-order chi connectivity index (χ0) is 18.6. The van der Waals surface area contributed by atoms with Gasteiger partial charge in [-0.3, -0.25) is 14.7 Å². The van der Waals surface area contributed by atoms with E-state index in [1.54, 1.807) is 6.20 Å². The topological polar surface area (TPSA) is 67.2 Å². The Hall–Kier alpha value is -2.28. The molecule has 2 aromatic rings. The summed E-state index contributed by atoms with van der Waals surface area (Å²) in [6, 6.07) is 5.71. The molecule has 1 amide bonds. The Morgan fingerprint density at radius 2 is 2.00 bits per heavy atom. The van der Waals surface area contributed by atoms with Gasteiger partial charge in [0.05, 0.1) is 13.0 Å². The van der Waals surface area contributed by atoms with E-state index in [9.17, 15) is 4.79 Å². The number of likely N-dealkylation sites (tertiary alicyclic amines) is 2. The number of carbonyl (C=O) groups is 1. The number of nitrogens with zero attached hydrogens (tertiary/aromatic N) is 6. The highest BCUT2D eigenvalue weighted by molar-refractivity contribution is 5.78. The number of amides is 1. The summed E-state index contributed by atoms with van der Waals surface area (Å²) in [5.74, 6) is 2.46. The smallest absolute Gasteiger partial charge is 0.228 e. The number of hydrogen-bond donors (Lipinski definition) is 0. The first-order chi connectivity index (χ1) is 13.2. The molecule has 2 saturated heterocycles. The van der Waals surface area contributed by atoms with Crippen LogP contribution in [-0.4, -0.2) is 61.6 Å². The summed E-state index contributed by atoms with van der Waals surface area (Å²) >= 11 is 0. The normalized spacial score (nSPS) is 20.9. The van der Waals surface area contributed by atoms with E-state index in [1.807, 2.05) is 23.1 Å². The van der Waals surface area contributed by atoms with Crippen LogP contribution in [0.25, 0.3) is 0 Å². The fraction of sp³-hybridized carbons (Fsp3) is 0.600. The van der Waals surface area contributed by atoms with Gasteiger partial charge in [0.15, 0.2) is 0 Å². The van der Waals surface area contributed by atoms with Crippen LogP contribution in [0.4, 0.5) is 0 Å². The van der Waals surface area contributed by atoms with Crippen molar-refractivity contribution in [3.8, 4) is 0 Å². The van der Waals surface area contributed by atoms with Crippen LogP contribution in [0.3, 0.4) is 0 Å². The molecule has 2 fully saturated rings. The van der Waals surface area contributed by atoms with Gasteiger partial charge in [-0.2, -0.15) is 0 Å². The number of piperidine rings is 1. The number of carbonyl (C=O) groups excluding carboxylic acids is 1. The van der Waals surface area contributed by atoms with Gasteiger partial charge < -0.3 is 9.47 Å². The minimum Gasteiger partial charge on any atom is -0.342 e. The first-order valence-electron chi connectivity index (χ1n) is 9.99. The van der Waals surface area contributed by atoms with Crippen LogP contribution >= 0.6 is 0 Å². The van der Waals surface area contributed by atoms with E-state index < -0.39 is 0 Å². The first kappa shape index (κ1) is 18.1. The Balaban J connectivity index is 1.40. The maximum Gasteiger partial charge on any atom is 0.228 e. The van der Waals surface area contributed by atoms with Crippen molar-refractivity contribution in [1.82, 2.24) is 29.5 Å². The molecule has 1 unspecified atom stereocenters. The third-order valence-corrected chi connectivity index (χ3v) is 5.76. The molecular formula is C20H28N6O. The second-order valence-corrected chi connectivity index (χ2v) is 7.69. The summed E-state index contributed by atoms with van der Waals surface area (Å²) < 4.78 is 2.15. The van der Waals surface area contributed by atoms with Crippen LogP contribution in [0.15, 0.2) is 24.4 Å². The highest BCUT2D eigenvalue weighted by atomic mass is 16.2. The van der Waals surface area contributed by atoms with Crippen molar-refractivity contribution in [3.63, 3.8) is 0 Å². The fourth-order valence-corrected chi connectivity index (χ4v) is 4.19. The predicted octanol–water partition coefficient (Wildman–Crippen LogP) is 1.75. The van der Waals surface area contributed by atoms with Gasteiger partial charge in [0, 0.05) is 37.9 Å². The quantitative estimate of drug-likeness (QED) is 0.804. The van der Waals surface area contributed by atoms with Gasteiger partial charge in [0.1, 0.15) is 11.6 Å². The van der Waals surface area contributed by atoms with Crippen LogP contribution < -0.4 is 0 Å². The molecule has 0 aromatic carbocycles. The van der Waals surface area contributed by atoms with Crippen molar-refractivity contribution >= 4 is 5.91 Å². The van der Waals surface area contributed by atoms with Crippen molar-refractivity contribution in [2.45, 2.75) is 44.6 Å². The SMILES string of the molecule is Cn1c(CN2CCCC2)nnc1C1CCCN(C(=O)Cc2ccccn2)C1. The van der Waals surface area contributed by atoms with E-state index in [-0.39, 0.29) is 11.8 Å². The summed E-state index contributed by atoms with van der Waals surface area (Å²) in [6.45, 7) is 4.73. The molecular weight excluding hydrogens is 340 g/mol. The third-order valence-electron chi connectivity index (χ3n) is 5.76. The van der Waals surface area contributed by atoms with Crippen molar-refractivity contribution in [3.05, 3.63) is 41.7 Å². The Morgan fingerprint density at radius 1 is 1.15 bits per heavy atom. The lowest BCUT2D eigenvalue weighted by molar-refractivity contribution is -0.131. The van der Waals surface area contributed by atoms with E-state index in [4.69, 9.17) is 0 Å². The molecule has 0 N–H and O–H groups in total. The largest absolute Gasteiger partial charge is 0.342 e. The predicted molar refractivity (Wildman–Crippen MR) is 102 cm³/mol. The molecule has 0 radical (unpaired) electrons. The van der Waals surface area contributed by atoms with Crippen molar-refractivity contribution in [1.29, 1.82) is 0 Å². The van der Waals surface area contributed by atoms with Crippen LogP contribution in [0.2, 0.25) is 0 Å². The second kappa shape index (κ2) is 8.17. The molecule has 144 valence electrons. The van der Waals surface area contributed by atoms with E-state index in [2.05, 4.69) is 31.7 Å². The summed E-state index contributed by atoms with van der Waals surface area (Å²) in [5.41, 5.74) is 0.830. The number of pyridine rings is 1. The summed E-state index contributed by atoms with van der Waals surface area (Å²) in [4.78, 5) is 21.4. The average Bonchev–Trinajstić information content (AvgIpc) is 3.33. The molecule has 2 aliphatic rings. The maximum absolute atomic E-state index is 12.7. The van der Waals surface area contributed by atoms with Crippen LogP contribution in [0.1, 0.15) is 48.9 Å². The zero-order valence-corrected chi connectivity index (χ0v) is 16.0. The fourth-order valence-electron chi connectivity index (χ4n) is 4.19. The van der Waals surface area contributed by atoms with Crippen LogP contribution in [0.5, 0.6) is 0 Å². The van der Waals surface area contributed by atoms with Crippen LogP contribution in [0, 0.1) is 0 Å². The molecule has 2 aliphatic heterocycles. The van der Waals surface area contributed by atoms with E-state index in [0.717, 1.165) is 62.9 Å². The molecule has 1 atom stereocenters. The molecule has 7 nitrogen and oxygen atoms in total. The van der Waals surface area contributed by atoms with Crippen LogP contribution in [-0.2, 0) is 24.8 Å². The molecule has 0 aliphatic carbocycles. The van der Waals surface area contributed by atoms with Crippen molar-refractivity contribution in [2.75, 3.05) is 26.2 Å². The lowest BCUT2D eigenvalue weighted by atomic mass is 9.96. The third kappa shape index (κ3) is 4.18. The molecule has 0 saturated carbocycles. The summed E-state index contributed by atoms with van der Waals surface area (Å²) in [5, 5.41) is 8.95. The van der Waals surface area contributed by atoms with Gasteiger partial charge >= 0.3 is 0 Å². The first-order valence-corrected chi connectivity index (χ1v) is 9.99. The van der Waals surface area contributed by atoms with Crippen molar-refractivity contribution < 1.29 is 4.79 Å². The van der Waals surface area contributed by atoms with Gasteiger partial charge in [0.25, 0.3) is 0 Å². The standard InChI is InChI=1S/C20H28N6O/c1-24-18(15-25-10-4-5-11-25)22-23-20(24)16-7-6-12-26(14-16)19(27)13-17-8-2-3-9-21-17/h2-3,8-9,16H,4-7,10-15H2,1H3. The number of rotatable bonds is 5. The molecule has 4 rings (SSSR count). The minimum atomic E-state index is 0.151. The lowest BCUT2D eigenvalue weighted by Crippen LogP contribution is -2.40. The molecule has 2 aromatic heterocycles. The monoisotopic (exact) mass is 368 g/mol. The van der Waals surface area contributed by atoms with E-state index in [0.29, 0.717) is 6.42 Å². The molecule has 4 heterocycles. The van der Waals surface area contributed by atoms with Gasteiger partial charge in [-0.15, -0.1) is 10.2 Å². The Morgan fingerprint density at radius 3 is 2.78 bits per heavy atom. The van der Waals surface area contributed by atoms with Gasteiger partial charge in [-0.25, -0.2) is 0 Å². The van der Waals surface area contributed by atoms with Gasteiger partial charge in [-0.05, 0) is 50.9 Å². The highest BCUT2D eigenvalue weighted by Crippen LogP contribution is 2.26. The van der Waals surface area contributed by atoms with Gasteiger partial charge in [-0.1, -0.05) is 6.07 Å². The van der Waals surface area contributed by atoms with Gasteiger partial charge in [0.2, 0.25) is 5.91 Å². The summed E-state index contributed by atoms with van der Waals surface area (Å²) in [6.07, 6.45) is 6.73. The summed E-state index contributed by atoms with van der Waals surface area (Å²) in [7, 11) is 2.06. The van der Waals surface area contributed by atoms with Crippen molar-refractivity contribution in [2.24, 2.45) is 7.05 Å². The Labute approximate surface area is 160 Å². The van der Waals surface area contributed by atoms with E-state index >= 15 is 0 Å². The van der Waals surface area contributed by atoms with E-state index in [1.165, 1.54) is 12.8 Å². The zero-order valence-electron chi connectivity index (χ0n) is 16.0.